The predicted molar refractivity (Wildman–Crippen MR) is 80.5 cm³/mol. The SMILES string of the molecule is COc1ccc(C=CC(=O)O)cc1Cn1cnc(C)c1C. The van der Waals surface area contributed by atoms with Crippen molar-refractivity contribution < 1.29 is 14.6 Å². The number of ether oxygens (including phenoxy) is 1. The van der Waals surface area contributed by atoms with E-state index >= 15 is 0 Å². The molecule has 5 heteroatoms. The van der Waals surface area contributed by atoms with Crippen LogP contribution in [0.15, 0.2) is 30.6 Å². The van der Waals surface area contributed by atoms with Crippen molar-refractivity contribution in [3.8, 4) is 5.75 Å². The Morgan fingerprint density at radius 1 is 1.43 bits per heavy atom. The standard InChI is InChI=1S/C16H18N2O3/c1-11-12(2)18(10-17-11)9-14-8-13(5-7-16(19)20)4-6-15(14)21-3/h4-8,10H,9H2,1-3H3,(H,19,20). The van der Waals surface area contributed by atoms with E-state index < -0.39 is 5.97 Å². The third-order valence-corrected chi connectivity index (χ3v) is 3.41. The predicted octanol–water partition coefficient (Wildman–Crippen LogP) is 2.65. The number of rotatable bonds is 5. The number of carbonyl (C=O) groups is 1. The number of carboxylic acids is 1. The molecule has 0 saturated carbocycles. The Morgan fingerprint density at radius 2 is 2.19 bits per heavy atom. The number of benzene rings is 1. The molecule has 5 nitrogen and oxygen atoms in total. The lowest BCUT2D eigenvalue weighted by Crippen LogP contribution is -2.03. The van der Waals surface area contributed by atoms with Gasteiger partial charge in [-0.15, -0.1) is 0 Å². The molecule has 0 fully saturated rings. The summed E-state index contributed by atoms with van der Waals surface area (Å²) in [5.74, 6) is -0.193. The molecular weight excluding hydrogens is 268 g/mol. The Labute approximate surface area is 123 Å². The molecule has 0 bridgehead atoms. The van der Waals surface area contributed by atoms with Gasteiger partial charge >= 0.3 is 5.97 Å². The van der Waals surface area contributed by atoms with Gasteiger partial charge < -0.3 is 14.4 Å². The topological polar surface area (TPSA) is 64.3 Å². The molecular formula is C16H18N2O3. The van der Waals surface area contributed by atoms with E-state index in [0.717, 1.165) is 34.3 Å². The van der Waals surface area contributed by atoms with Crippen molar-refractivity contribution in [1.82, 2.24) is 9.55 Å². The number of methoxy groups -OCH3 is 1. The number of hydrogen-bond donors (Lipinski definition) is 1. The normalized spacial score (nSPS) is 11.0. The van der Waals surface area contributed by atoms with Gasteiger partial charge in [-0.1, -0.05) is 6.07 Å². The van der Waals surface area contributed by atoms with E-state index in [4.69, 9.17) is 9.84 Å². The Morgan fingerprint density at radius 3 is 2.76 bits per heavy atom. The zero-order valence-electron chi connectivity index (χ0n) is 12.3. The summed E-state index contributed by atoms with van der Waals surface area (Å²) in [6.45, 7) is 4.61. The summed E-state index contributed by atoms with van der Waals surface area (Å²) in [5.41, 5.74) is 3.90. The molecule has 0 aliphatic rings. The highest BCUT2D eigenvalue weighted by Gasteiger charge is 2.08. The first-order valence-electron chi connectivity index (χ1n) is 6.57. The number of carboxylic acid groups (broad SMARTS) is 1. The minimum atomic E-state index is -0.964. The molecule has 0 atom stereocenters. The summed E-state index contributed by atoms with van der Waals surface area (Å²) in [5, 5.41) is 8.70. The maximum atomic E-state index is 10.6. The van der Waals surface area contributed by atoms with Gasteiger partial charge in [0.15, 0.2) is 0 Å². The van der Waals surface area contributed by atoms with Gasteiger partial charge in [0.1, 0.15) is 5.75 Å². The molecule has 2 rings (SSSR count). The lowest BCUT2D eigenvalue weighted by Gasteiger charge is -2.11. The van der Waals surface area contributed by atoms with Gasteiger partial charge in [0.2, 0.25) is 0 Å². The molecule has 1 heterocycles. The van der Waals surface area contributed by atoms with E-state index in [2.05, 4.69) is 4.98 Å². The number of imidazole rings is 1. The molecule has 21 heavy (non-hydrogen) atoms. The fourth-order valence-electron chi connectivity index (χ4n) is 2.08. The summed E-state index contributed by atoms with van der Waals surface area (Å²) in [7, 11) is 1.62. The van der Waals surface area contributed by atoms with Crippen LogP contribution < -0.4 is 4.74 Å². The van der Waals surface area contributed by atoms with Gasteiger partial charge in [0, 0.05) is 17.3 Å². The van der Waals surface area contributed by atoms with E-state index in [0.29, 0.717) is 6.54 Å². The van der Waals surface area contributed by atoms with Crippen LogP contribution in [0, 0.1) is 13.8 Å². The second kappa shape index (κ2) is 6.26. The summed E-state index contributed by atoms with van der Waals surface area (Å²) >= 11 is 0. The van der Waals surface area contributed by atoms with Crippen molar-refractivity contribution in [3.05, 3.63) is 53.1 Å². The van der Waals surface area contributed by atoms with Gasteiger partial charge in [-0.2, -0.15) is 0 Å². The number of nitrogens with zero attached hydrogens (tertiary/aromatic N) is 2. The van der Waals surface area contributed by atoms with Crippen molar-refractivity contribution >= 4 is 12.0 Å². The van der Waals surface area contributed by atoms with E-state index in [1.807, 2.05) is 36.6 Å². The minimum absolute atomic E-state index is 0.630. The summed E-state index contributed by atoms with van der Waals surface area (Å²) in [4.78, 5) is 14.9. The zero-order chi connectivity index (χ0) is 15.4. The first kappa shape index (κ1) is 14.8. The molecule has 1 aromatic carbocycles. The molecule has 0 radical (unpaired) electrons. The van der Waals surface area contributed by atoms with E-state index in [1.165, 1.54) is 0 Å². The molecule has 0 unspecified atom stereocenters. The van der Waals surface area contributed by atoms with Gasteiger partial charge in [0.25, 0.3) is 0 Å². The van der Waals surface area contributed by atoms with Crippen molar-refractivity contribution in [2.24, 2.45) is 0 Å². The van der Waals surface area contributed by atoms with Crippen molar-refractivity contribution in [3.63, 3.8) is 0 Å². The van der Waals surface area contributed by atoms with E-state index in [-0.39, 0.29) is 0 Å². The molecule has 110 valence electrons. The maximum absolute atomic E-state index is 10.6. The lowest BCUT2D eigenvalue weighted by molar-refractivity contribution is -0.131. The molecule has 0 aliphatic heterocycles. The fraction of sp³-hybridized carbons (Fsp3) is 0.250. The quantitative estimate of drug-likeness (QED) is 0.858. The maximum Gasteiger partial charge on any atom is 0.328 e. The first-order chi connectivity index (χ1) is 10.0. The van der Waals surface area contributed by atoms with E-state index in [9.17, 15) is 4.79 Å². The minimum Gasteiger partial charge on any atom is -0.496 e. The van der Waals surface area contributed by atoms with Crippen LogP contribution in [0.3, 0.4) is 0 Å². The van der Waals surface area contributed by atoms with Gasteiger partial charge in [-0.3, -0.25) is 0 Å². The first-order valence-corrected chi connectivity index (χ1v) is 6.57. The smallest absolute Gasteiger partial charge is 0.328 e. The van der Waals surface area contributed by atoms with Crippen molar-refractivity contribution in [2.45, 2.75) is 20.4 Å². The Balaban J connectivity index is 2.34. The molecule has 1 aromatic heterocycles. The number of aliphatic carboxylic acids is 1. The van der Waals surface area contributed by atoms with Crippen LogP contribution in [0.2, 0.25) is 0 Å². The Hall–Kier alpha value is -2.56. The monoisotopic (exact) mass is 286 g/mol. The average molecular weight is 286 g/mol. The van der Waals surface area contributed by atoms with Crippen molar-refractivity contribution in [2.75, 3.05) is 7.11 Å². The van der Waals surface area contributed by atoms with Crippen molar-refractivity contribution in [1.29, 1.82) is 0 Å². The van der Waals surface area contributed by atoms with Crippen LogP contribution in [0.5, 0.6) is 5.75 Å². The fourth-order valence-corrected chi connectivity index (χ4v) is 2.08. The second-order valence-electron chi connectivity index (χ2n) is 4.79. The summed E-state index contributed by atoms with van der Waals surface area (Å²) in [6.07, 6.45) is 4.49. The highest BCUT2D eigenvalue weighted by atomic mass is 16.5. The molecule has 0 saturated heterocycles. The van der Waals surface area contributed by atoms with E-state index in [1.54, 1.807) is 19.5 Å². The van der Waals surface area contributed by atoms with Gasteiger partial charge in [-0.05, 0) is 37.6 Å². The molecule has 0 spiro atoms. The third kappa shape index (κ3) is 3.51. The van der Waals surface area contributed by atoms with Gasteiger partial charge in [0.05, 0.1) is 25.7 Å². The van der Waals surface area contributed by atoms with Crippen LogP contribution in [-0.2, 0) is 11.3 Å². The number of hydrogen-bond acceptors (Lipinski definition) is 3. The largest absolute Gasteiger partial charge is 0.496 e. The van der Waals surface area contributed by atoms with Crippen LogP contribution in [-0.4, -0.2) is 27.7 Å². The highest BCUT2D eigenvalue weighted by molar-refractivity contribution is 5.85. The zero-order valence-corrected chi connectivity index (χ0v) is 12.3. The number of aromatic nitrogens is 2. The molecule has 1 N–H and O–H groups in total. The highest BCUT2D eigenvalue weighted by Crippen LogP contribution is 2.22. The van der Waals surface area contributed by atoms with Crippen LogP contribution in [0.25, 0.3) is 6.08 Å². The van der Waals surface area contributed by atoms with Crippen LogP contribution in [0.4, 0.5) is 0 Å². The Kier molecular flexibility index (Phi) is 4.42. The second-order valence-corrected chi connectivity index (χ2v) is 4.79. The van der Waals surface area contributed by atoms with Gasteiger partial charge in [-0.25, -0.2) is 9.78 Å². The summed E-state index contributed by atoms with van der Waals surface area (Å²) < 4.78 is 7.41. The Bertz CT molecular complexity index is 687. The third-order valence-electron chi connectivity index (χ3n) is 3.41. The average Bonchev–Trinajstić information content (AvgIpc) is 2.77. The lowest BCUT2D eigenvalue weighted by atomic mass is 10.1. The van der Waals surface area contributed by atoms with Crippen LogP contribution in [0.1, 0.15) is 22.5 Å². The molecule has 0 amide bonds. The number of aryl methyl sites for hydroxylation is 1. The summed E-state index contributed by atoms with van der Waals surface area (Å²) in [6, 6.07) is 5.59. The van der Waals surface area contributed by atoms with Crippen LogP contribution >= 0.6 is 0 Å². The molecule has 0 aliphatic carbocycles. The molecule has 2 aromatic rings.